The second-order valence-electron chi connectivity index (χ2n) is 2.61. The Morgan fingerprint density at radius 1 is 1.13 bits per heavy atom. The fraction of sp³-hybridized carbons (Fsp3) is 0. The SMILES string of the molecule is O=c1ccc(=O)on2nc(o1)C=CC=C2. The lowest BCUT2D eigenvalue weighted by atomic mass is 10.5. The van der Waals surface area contributed by atoms with Crippen LogP contribution in [-0.4, -0.2) is 9.95 Å². The molecule has 0 unspecified atom stereocenters. The third kappa shape index (κ3) is 2.31. The van der Waals surface area contributed by atoms with Crippen LogP contribution in [0, 0.1) is 0 Å². The lowest BCUT2D eigenvalue weighted by Gasteiger charge is -1.88. The fourth-order valence-electron chi connectivity index (χ4n) is 0.926. The van der Waals surface area contributed by atoms with Crippen molar-refractivity contribution in [2.75, 3.05) is 0 Å². The van der Waals surface area contributed by atoms with Gasteiger partial charge in [0.15, 0.2) is 0 Å². The first kappa shape index (κ1) is 9.20. The number of rotatable bonds is 0. The van der Waals surface area contributed by atoms with Gasteiger partial charge in [0.05, 0.1) is 6.20 Å². The average Bonchev–Trinajstić information content (AvgIpc) is 2.36. The molecule has 1 aromatic heterocycles. The molecule has 0 saturated heterocycles. The van der Waals surface area contributed by atoms with E-state index in [0.29, 0.717) is 0 Å². The molecule has 2 heterocycles. The Kier molecular flexibility index (Phi) is 2.32. The van der Waals surface area contributed by atoms with E-state index in [-0.39, 0.29) is 5.89 Å². The summed E-state index contributed by atoms with van der Waals surface area (Å²) in [5, 5.41) is 3.75. The summed E-state index contributed by atoms with van der Waals surface area (Å²) in [7, 11) is 0. The molecule has 2 rings (SSSR count). The zero-order valence-electron chi connectivity index (χ0n) is 7.49. The van der Waals surface area contributed by atoms with Crippen LogP contribution in [-0.2, 0) is 0 Å². The summed E-state index contributed by atoms with van der Waals surface area (Å²) in [6.45, 7) is 0. The Bertz CT molecular complexity index is 536. The van der Waals surface area contributed by atoms with Gasteiger partial charge in [0, 0.05) is 18.2 Å². The maximum absolute atomic E-state index is 11.1. The van der Waals surface area contributed by atoms with E-state index >= 15 is 0 Å². The molecule has 15 heavy (non-hydrogen) atoms. The molecular formula is C9H6N2O4. The second-order valence-corrected chi connectivity index (χ2v) is 2.61. The van der Waals surface area contributed by atoms with Gasteiger partial charge in [0.1, 0.15) is 0 Å². The molecule has 0 aliphatic carbocycles. The maximum atomic E-state index is 11.1. The van der Waals surface area contributed by atoms with Gasteiger partial charge in [-0.2, -0.15) is 0 Å². The highest BCUT2D eigenvalue weighted by Crippen LogP contribution is 1.96. The average molecular weight is 206 g/mol. The Morgan fingerprint density at radius 2 is 1.93 bits per heavy atom. The van der Waals surface area contributed by atoms with Crippen molar-refractivity contribution in [2.45, 2.75) is 0 Å². The zero-order valence-corrected chi connectivity index (χ0v) is 7.49. The first-order chi connectivity index (χ1) is 7.24. The van der Waals surface area contributed by atoms with Crippen molar-refractivity contribution < 1.29 is 8.94 Å². The van der Waals surface area contributed by atoms with E-state index < -0.39 is 11.3 Å². The van der Waals surface area contributed by atoms with E-state index in [9.17, 15) is 9.59 Å². The Balaban J connectivity index is 2.87. The standard InChI is InChI=1S/C9H6N2O4/c12-8-4-5-9(13)15-11-6-2-1-3-7(10-11)14-8/h1-6H. The Morgan fingerprint density at radius 3 is 2.80 bits per heavy atom. The van der Waals surface area contributed by atoms with Crippen LogP contribution in [0.1, 0.15) is 5.89 Å². The Hall–Kier alpha value is -2.37. The molecule has 6 nitrogen and oxygen atoms in total. The van der Waals surface area contributed by atoms with Crippen molar-refractivity contribution >= 4 is 12.3 Å². The number of fused-ring (bicyclic) bond motifs is 2. The number of nitrogens with zero attached hydrogens (tertiary/aromatic N) is 2. The van der Waals surface area contributed by atoms with Gasteiger partial charge >= 0.3 is 11.3 Å². The monoisotopic (exact) mass is 206 g/mol. The number of hydrogen-bond acceptors (Lipinski definition) is 5. The quantitative estimate of drug-likeness (QED) is 0.614. The smallest absolute Gasteiger partial charge is 0.358 e. The third-order valence-corrected chi connectivity index (χ3v) is 1.50. The minimum Gasteiger partial charge on any atom is -0.403 e. The molecule has 2 bridgehead atoms. The van der Waals surface area contributed by atoms with E-state index in [2.05, 4.69) is 5.10 Å². The van der Waals surface area contributed by atoms with Crippen LogP contribution in [0.2, 0.25) is 0 Å². The van der Waals surface area contributed by atoms with Crippen LogP contribution < -0.4 is 11.3 Å². The highest BCUT2D eigenvalue weighted by atomic mass is 16.5. The highest BCUT2D eigenvalue weighted by molar-refractivity contribution is 5.44. The van der Waals surface area contributed by atoms with Gasteiger partial charge in [-0.1, -0.05) is 16.0 Å². The maximum Gasteiger partial charge on any atom is 0.358 e. The molecule has 0 N–H and O–H groups in total. The summed E-state index contributed by atoms with van der Waals surface area (Å²) >= 11 is 0. The third-order valence-electron chi connectivity index (χ3n) is 1.50. The molecule has 0 amide bonds. The lowest BCUT2D eigenvalue weighted by Crippen LogP contribution is -2.01. The van der Waals surface area contributed by atoms with Crippen LogP contribution in [0.5, 0.6) is 0 Å². The molecule has 1 aliphatic rings. The molecule has 6 heteroatoms. The predicted molar refractivity (Wildman–Crippen MR) is 51.3 cm³/mol. The van der Waals surface area contributed by atoms with Gasteiger partial charge in [-0.25, -0.2) is 9.59 Å². The van der Waals surface area contributed by atoms with Crippen molar-refractivity contribution in [3.05, 3.63) is 51.0 Å². The lowest BCUT2D eigenvalue weighted by molar-refractivity contribution is 0.274. The summed E-state index contributed by atoms with van der Waals surface area (Å²) in [6, 6.07) is 1.94. The minimum atomic E-state index is -0.705. The van der Waals surface area contributed by atoms with Crippen LogP contribution in [0.4, 0.5) is 0 Å². The Labute approximate surface area is 83.0 Å². The van der Waals surface area contributed by atoms with Crippen molar-refractivity contribution in [1.29, 1.82) is 0 Å². The normalized spacial score (nSPS) is 12.0. The molecule has 0 aromatic carbocycles. The molecule has 0 radical (unpaired) electrons. The van der Waals surface area contributed by atoms with Crippen molar-refractivity contribution in [2.24, 2.45) is 0 Å². The molecular weight excluding hydrogens is 200 g/mol. The van der Waals surface area contributed by atoms with Gasteiger partial charge in [-0.15, -0.1) is 0 Å². The van der Waals surface area contributed by atoms with Gasteiger partial charge in [0.25, 0.3) is 0 Å². The summed E-state index contributed by atoms with van der Waals surface area (Å²) in [4.78, 5) is 23.1. The van der Waals surface area contributed by atoms with Crippen molar-refractivity contribution in [3.8, 4) is 0 Å². The molecule has 0 saturated carbocycles. The van der Waals surface area contributed by atoms with Crippen LogP contribution >= 0.6 is 0 Å². The highest BCUT2D eigenvalue weighted by Gasteiger charge is 1.95. The van der Waals surface area contributed by atoms with Crippen LogP contribution in [0.25, 0.3) is 12.3 Å². The molecule has 1 aromatic rings. The topological polar surface area (TPSA) is 78.2 Å². The van der Waals surface area contributed by atoms with E-state index in [4.69, 9.17) is 8.94 Å². The first-order valence-electron chi connectivity index (χ1n) is 4.08. The van der Waals surface area contributed by atoms with E-state index in [1.165, 1.54) is 12.3 Å². The van der Waals surface area contributed by atoms with Gasteiger partial charge < -0.3 is 8.94 Å². The summed E-state index contributed by atoms with van der Waals surface area (Å²) in [6.07, 6.45) is 6.07. The van der Waals surface area contributed by atoms with Crippen molar-refractivity contribution in [1.82, 2.24) is 9.95 Å². The molecule has 1 aliphatic heterocycles. The number of allylic oxidation sites excluding steroid dienone is 2. The summed E-state index contributed by atoms with van der Waals surface area (Å²) in [5.74, 6) is 0.0457. The molecule has 0 spiro atoms. The summed E-state index contributed by atoms with van der Waals surface area (Å²) in [5.41, 5.74) is -1.39. The number of aromatic nitrogens is 2. The first-order valence-corrected chi connectivity index (χ1v) is 4.08. The van der Waals surface area contributed by atoms with Gasteiger partial charge in [-0.05, 0) is 6.08 Å². The minimum absolute atomic E-state index is 0.0457. The van der Waals surface area contributed by atoms with Crippen LogP contribution in [0.3, 0.4) is 0 Å². The van der Waals surface area contributed by atoms with Crippen molar-refractivity contribution in [3.63, 3.8) is 0 Å². The predicted octanol–water partition coefficient (Wildman–Crippen LogP) is 0.411. The van der Waals surface area contributed by atoms with E-state index in [1.54, 1.807) is 12.2 Å². The largest absolute Gasteiger partial charge is 0.403 e. The second kappa shape index (κ2) is 3.79. The van der Waals surface area contributed by atoms with E-state index in [0.717, 1.165) is 17.0 Å². The summed E-state index contributed by atoms with van der Waals surface area (Å²) < 4.78 is 9.53. The molecule has 76 valence electrons. The fourth-order valence-corrected chi connectivity index (χ4v) is 0.926. The number of hydrogen-bond donors (Lipinski definition) is 0. The zero-order chi connectivity index (χ0) is 10.7. The molecule has 0 atom stereocenters. The van der Waals surface area contributed by atoms with Gasteiger partial charge in [0.2, 0.25) is 5.89 Å². The van der Waals surface area contributed by atoms with E-state index in [1.807, 2.05) is 0 Å². The molecule has 0 fully saturated rings. The van der Waals surface area contributed by atoms with Gasteiger partial charge in [-0.3, -0.25) is 0 Å². The van der Waals surface area contributed by atoms with Crippen LogP contribution in [0.15, 0.2) is 42.8 Å².